The number of ketones is 1. The van der Waals surface area contributed by atoms with Crippen molar-refractivity contribution in [2.45, 2.75) is 38.6 Å². The summed E-state index contributed by atoms with van der Waals surface area (Å²) in [5.74, 6) is -0.764. The second-order valence-electron chi connectivity index (χ2n) is 4.32. The number of nitrogens with one attached hydrogen (secondary N) is 1. The first-order chi connectivity index (χ1) is 8.15. The van der Waals surface area contributed by atoms with Crippen molar-refractivity contribution in [2.24, 2.45) is 0 Å². The van der Waals surface area contributed by atoms with E-state index in [0.717, 1.165) is 12.1 Å². The Bertz CT molecular complexity index is 558. The molecule has 1 aromatic rings. The highest BCUT2D eigenvalue weighted by atomic mass is 32.2. The molecule has 18 heavy (non-hydrogen) atoms. The fourth-order valence-corrected chi connectivity index (χ4v) is 3.41. The molecule has 1 unspecified atom stereocenters. The van der Waals surface area contributed by atoms with Gasteiger partial charge in [-0.3, -0.25) is 4.79 Å². The molecule has 0 saturated heterocycles. The van der Waals surface area contributed by atoms with Crippen molar-refractivity contribution in [3.63, 3.8) is 0 Å². The molecule has 6 heteroatoms. The molecule has 1 rings (SSSR count). The van der Waals surface area contributed by atoms with Crippen LogP contribution in [0.25, 0.3) is 0 Å². The molecule has 0 aliphatic heterocycles. The van der Waals surface area contributed by atoms with Gasteiger partial charge in [0.25, 0.3) is 0 Å². The summed E-state index contributed by atoms with van der Waals surface area (Å²) in [6, 6.07) is 1.50. The van der Waals surface area contributed by atoms with Gasteiger partial charge >= 0.3 is 0 Å². The van der Waals surface area contributed by atoms with Gasteiger partial charge in [0.2, 0.25) is 10.0 Å². The highest BCUT2D eigenvalue weighted by Crippen LogP contribution is 2.21. The van der Waals surface area contributed by atoms with Crippen molar-refractivity contribution in [3.05, 3.63) is 29.1 Å². The van der Waals surface area contributed by atoms with E-state index >= 15 is 0 Å². The molecular formula is C12H16FNO3S. The Hall–Kier alpha value is -1.27. The lowest BCUT2D eigenvalue weighted by Gasteiger charge is -2.15. The first kappa shape index (κ1) is 14.8. The van der Waals surface area contributed by atoms with Crippen LogP contribution in [-0.2, 0) is 14.8 Å². The zero-order valence-corrected chi connectivity index (χ0v) is 11.6. The maximum atomic E-state index is 13.1. The van der Waals surface area contributed by atoms with Crippen molar-refractivity contribution < 1.29 is 17.6 Å². The Kier molecular flexibility index (Phi) is 4.24. The van der Waals surface area contributed by atoms with Crippen LogP contribution in [0.4, 0.5) is 4.39 Å². The fourth-order valence-electron chi connectivity index (χ4n) is 1.70. The lowest BCUT2D eigenvalue weighted by molar-refractivity contribution is -0.118. The predicted octanol–water partition coefficient (Wildman–Crippen LogP) is 1.70. The third-order valence-corrected chi connectivity index (χ3v) is 4.48. The van der Waals surface area contributed by atoms with Crippen LogP contribution in [0.2, 0.25) is 0 Å². The molecule has 0 bridgehead atoms. The third-order valence-electron chi connectivity index (χ3n) is 2.64. The number of Topliss-reactive ketones (excluding diaryl/α,β-unsaturated/α-hetero) is 1. The van der Waals surface area contributed by atoms with E-state index in [9.17, 15) is 17.6 Å². The SMILES string of the molecule is CC(=O)C(C)NS(=O)(=O)c1c(C)cc(F)cc1C. The summed E-state index contributed by atoms with van der Waals surface area (Å²) in [5.41, 5.74) is 0.631. The third kappa shape index (κ3) is 3.14. The molecule has 1 N–H and O–H groups in total. The minimum Gasteiger partial charge on any atom is -0.298 e. The van der Waals surface area contributed by atoms with Crippen LogP contribution in [0, 0.1) is 19.7 Å². The lowest BCUT2D eigenvalue weighted by Crippen LogP contribution is -2.37. The quantitative estimate of drug-likeness (QED) is 0.908. The molecule has 0 aliphatic carbocycles. The molecule has 100 valence electrons. The second-order valence-corrected chi connectivity index (χ2v) is 5.97. The molecule has 4 nitrogen and oxygen atoms in total. The second kappa shape index (κ2) is 5.16. The number of carbonyl (C=O) groups excluding carboxylic acids is 1. The maximum absolute atomic E-state index is 13.1. The molecule has 0 radical (unpaired) electrons. The number of benzene rings is 1. The van der Waals surface area contributed by atoms with Gasteiger partial charge in [0.15, 0.2) is 0 Å². The Morgan fingerprint density at radius 1 is 1.28 bits per heavy atom. The Morgan fingerprint density at radius 3 is 2.11 bits per heavy atom. The van der Waals surface area contributed by atoms with Crippen molar-refractivity contribution in [2.75, 3.05) is 0 Å². The van der Waals surface area contributed by atoms with Crippen LogP contribution in [-0.4, -0.2) is 20.2 Å². The highest BCUT2D eigenvalue weighted by molar-refractivity contribution is 7.89. The standard InChI is InChI=1S/C12H16FNO3S/c1-7-5-11(13)6-8(2)12(7)18(16,17)14-9(3)10(4)15/h5-6,9,14H,1-4H3. The predicted molar refractivity (Wildman–Crippen MR) is 66.3 cm³/mol. The molecule has 0 heterocycles. The molecule has 0 saturated carbocycles. The molecule has 1 atom stereocenters. The van der Waals surface area contributed by atoms with Gasteiger partial charge < -0.3 is 0 Å². The summed E-state index contributed by atoms with van der Waals surface area (Å²) >= 11 is 0. The molecular weight excluding hydrogens is 257 g/mol. The molecule has 0 fully saturated rings. The van der Waals surface area contributed by atoms with Gasteiger partial charge in [0.05, 0.1) is 10.9 Å². The van der Waals surface area contributed by atoms with E-state index in [2.05, 4.69) is 4.72 Å². The van der Waals surface area contributed by atoms with Crippen molar-refractivity contribution in [1.29, 1.82) is 0 Å². The first-order valence-corrected chi connectivity index (χ1v) is 6.93. The van der Waals surface area contributed by atoms with E-state index in [1.165, 1.54) is 27.7 Å². The maximum Gasteiger partial charge on any atom is 0.241 e. The van der Waals surface area contributed by atoms with Crippen LogP contribution in [0.3, 0.4) is 0 Å². The number of halogens is 1. The number of aryl methyl sites for hydroxylation is 2. The first-order valence-electron chi connectivity index (χ1n) is 5.44. The van der Waals surface area contributed by atoms with Gasteiger partial charge in [-0.2, -0.15) is 0 Å². The average molecular weight is 273 g/mol. The fraction of sp³-hybridized carbons (Fsp3) is 0.417. The van der Waals surface area contributed by atoms with Gasteiger partial charge in [0.1, 0.15) is 11.6 Å². The summed E-state index contributed by atoms with van der Waals surface area (Å²) in [6.07, 6.45) is 0. The minimum absolute atomic E-state index is 0.0250. The average Bonchev–Trinajstić information content (AvgIpc) is 2.13. The Balaban J connectivity index is 3.25. The van der Waals surface area contributed by atoms with E-state index < -0.39 is 21.9 Å². The van der Waals surface area contributed by atoms with Crippen LogP contribution < -0.4 is 4.72 Å². The zero-order valence-electron chi connectivity index (χ0n) is 10.7. The smallest absolute Gasteiger partial charge is 0.241 e. The number of sulfonamides is 1. The Labute approximate surface area is 106 Å². The topological polar surface area (TPSA) is 63.2 Å². The van der Waals surface area contributed by atoms with E-state index in [1.54, 1.807) is 0 Å². The normalized spacial score (nSPS) is 13.4. The highest BCUT2D eigenvalue weighted by Gasteiger charge is 2.23. The monoisotopic (exact) mass is 273 g/mol. The van der Waals surface area contributed by atoms with E-state index in [-0.39, 0.29) is 10.7 Å². The van der Waals surface area contributed by atoms with Crippen LogP contribution >= 0.6 is 0 Å². The zero-order chi connectivity index (χ0) is 14.1. The summed E-state index contributed by atoms with van der Waals surface area (Å²) in [4.78, 5) is 11.1. The van der Waals surface area contributed by atoms with Crippen LogP contribution in [0.1, 0.15) is 25.0 Å². The molecule has 0 aliphatic rings. The summed E-state index contributed by atoms with van der Waals surface area (Å²) < 4.78 is 39.6. The molecule has 0 aromatic heterocycles. The van der Waals surface area contributed by atoms with Gasteiger partial charge in [-0.25, -0.2) is 17.5 Å². The van der Waals surface area contributed by atoms with Crippen molar-refractivity contribution in [3.8, 4) is 0 Å². The van der Waals surface area contributed by atoms with Gasteiger partial charge in [-0.1, -0.05) is 0 Å². The summed E-state index contributed by atoms with van der Waals surface area (Å²) in [6.45, 7) is 5.80. The van der Waals surface area contributed by atoms with E-state index in [1.807, 2.05) is 0 Å². The van der Waals surface area contributed by atoms with E-state index in [4.69, 9.17) is 0 Å². The molecule has 0 spiro atoms. The van der Waals surface area contributed by atoms with Gasteiger partial charge in [0, 0.05) is 0 Å². The summed E-state index contributed by atoms with van der Waals surface area (Å²) in [7, 11) is -3.82. The Morgan fingerprint density at radius 2 is 1.72 bits per heavy atom. The number of hydrogen-bond donors (Lipinski definition) is 1. The van der Waals surface area contributed by atoms with E-state index in [0.29, 0.717) is 11.1 Å². The molecule has 1 aromatic carbocycles. The summed E-state index contributed by atoms with van der Waals surface area (Å²) in [5, 5.41) is 0. The number of rotatable bonds is 4. The van der Waals surface area contributed by atoms with Crippen molar-refractivity contribution >= 4 is 15.8 Å². The van der Waals surface area contributed by atoms with Gasteiger partial charge in [-0.15, -0.1) is 0 Å². The molecule has 0 amide bonds. The number of hydrogen-bond acceptors (Lipinski definition) is 3. The van der Waals surface area contributed by atoms with Crippen LogP contribution in [0.15, 0.2) is 17.0 Å². The van der Waals surface area contributed by atoms with Gasteiger partial charge in [-0.05, 0) is 51.0 Å². The minimum atomic E-state index is -3.82. The van der Waals surface area contributed by atoms with Crippen molar-refractivity contribution in [1.82, 2.24) is 4.72 Å². The largest absolute Gasteiger partial charge is 0.298 e. The lowest BCUT2D eigenvalue weighted by atomic mass is 10.1. The van der Waals surface area contributed by atoms with Crippen LogP contribution in [0.5, 0.6) is 0 Å². The number of carbonyl (C=O) groups is 1.